The zero-order valence-corrected chi connectivity index (χ0v) is 16.5. The summed E-state index contributed by atoms with van der Waals surface area (Å²) in [4.78, 5) is 45.3. The van der Waals surface area contributed by atoms with Crippen molar-refractivity contribution in [1.29, 1.82) is 0 Å². The Balaban J connectivity index is 1.71. The van der Waals surface area contributed by atoms with E-state index in [0.29, 0.717) is 16.5 Å². The quantitative estimate of drug-likeness (QED) is 0.739. The highest BCUT2D eigenvalue weighted by molar-refractivity contribution is 7.17. The van der Waals surface area contributed by atoms with E-state index in [4.69, 9.17) is 9.47 Å². The Hall–Kier alpha value is -2.81. The van der Waals surface area contributed by atoms with Crippen LogP contribution in [0.25, 0.3) is 0 Å². The van der Waals surface area contributed by atoms with Crippen molar-refractivity contribution in [2.24, 2.45) is 5.92 Å². The Morgan fingerprint density at radius 2 is 2.07 bits per heavy atom. The van der Waals surface area contributed by atoms with Crippen LogP contribution >= 0.6 is 11.3 Å². The summed E-state index contributed by atoms with van der Waals surface area (Å²) in [5, 5.41) is 3.14. The molecule has 2 aromatic heterocycles. The predicted molar refractivity (Wildman–Crippen MR) is 102 cm³/mol. The average Bonchev–Trinajstić information content (AvgIpc) is 3.03. The van der Waals surface area contributed by atoms with Crippen LogP contribution in [-0.4, -0.2) is 41.0 Å². The number of nitrogens with zero attached hydrogens (tertiary/aromatic N) is 2. The third-order valence-corrected chi connectivity index (χ3v) is 5.52. The van der Waals surface area contributed by atoms with Gasteiger partial charge in [0.2, 0.25) is 0 Å². The molecule has 0 aliphatic heterocycles. The second-order valence-corrected chi connectivity index (χ2v) is 7.60. The Labute approximate surface area is 166 Å². The summed E-state index contributed by atoms with van der Waals surface area (Å²) in [6, 6.07) is 0. The fraction of sp³-hybridized carbons (Fsp3) is 0.421. The van der Waals surface area contributed by atoms with Gasteiger partial charge in [-0.25, -0.2) is 14.6 Å². The molecule has 1 aliphatic rings. The lowest BCUT2D eigenvalue weighted by atomic mass is 9.88. The van der Waals surface area contributed by atoms with Crippen molar-refractivity contribution < 1.29 is 23.9 Å². The second-order valence-electron chi connectivity index (χ2n) is 6.49. The van der Waals surface area contributed by atoms with Crippen LogP contribution in [0.5, 0.6) is 0 Å². The van der Waals surface area contributed by atoms with Gasteiger partial charge in [0.15, 0.2) is 12.3 Å². The van der Waals surface area contributed by atoms with Crippen LogP contribution in [0.4, 0.5) is 5.00 Å². The summed E-state index contributed by atoms with van der Waals surface area (Å²) >= 11 is 1.38. The van der Waals surface area contributed by atoms with Gasteiger partial charge in [-0.2, -0.15) is 0 Å². The monoisotopic (exact) mass is 403 g/mol. The topological polar surface area (TPSA) is 107 Å². The van der Waals surface area contributed by atoms with E-state index in [9.17, 15) is 14.4 Å². The number of aromatic nitrogens is 2. The van der Waals surface area contributed by atoms with Gasteiger partial charge in [-0.15, -0.1) is 11.3 Å². The van der Waals surface area contributed by atoms with Gasteiger partial charge in [0, 0.05) is 17.3 Å². The van der Waals surface area contributed by atoms with Crippen LogP contribution in [0.2, 0.25) is 0 Å². The van der Waals surface area contributed by atoms with Crippen molar-refractivity contribution in [2.75, 3.05) is 18.5 Å². The number of thiophene rings is 1. The first kappa shape index (κ1) is 19.9. The van der Waals surface area contributed by atoms with Crippen LogP contribution in [0.15, 0.2) is 18.6 Å². The standard InChI is InChI=1S/C19H21N3O5S/c1-3-26-19(25)16-12-5-4-11(2)8-14(12)28-17(16)22-15(23)10-27-18(24)13-9-20-6-7-21-13/h6-7,9,11H,3-5,8,10H2,1-2H3,(H,22,23)/t11-/m0/s1. The first-order chi connectivity index (χ1) is 13.5. The molecule has 1 atom stereocenters. The van der Waals surface area contributed by atoms with Gasteiger partial charge in [0.05, 0.1) is 18.4 Å². The molecule has 1 N–H and O–H groups in total. The maximum atomic E-state index is 12.4. The zero-order valence-electron chi connectivity index (χ0n) is 15.7. The van der Waals surface area contributed by atoms with Crippen LogP contribution in [0.1, 0.15) is 51.6 Å². The summed E-state index contributed by atoms with van der Waals surface area (Å²) in [6.45, 7) is 3.67. The first-order valence-electron chi connectivity index (χ1n) is 9.04. The smallest absolute Gasteiger partial charge is 0.359 e. The highest BCUT2D eigenvalue weighted by atomic mass is 32.1. The lowest BCUT2D eigenvalue weighted by molar-refractivity contribution is -0.119. The average molecular weight is 403 g/mol. The summed E-state index contributed by atoms with van der Waals surface area (Å²) < 4.78 is 10.1. The third kappa shape index (κ3) is 4.53. The molecule has 8 nitrogen and oxygen atoms in total. The predicted octanol–water partition coefficient (Wildman–Crippen LogP) is 2.64. The number of hydrogen-bond donors (Lipinski definition) is 1. The molecular formula is C19H21N3O5S. The van der Waals surface area contributed by atoms with Crippen LogP contribution in [-0.2, 0) is 27.1 Å². The molecule has 3 rings (SSSR count). The molecular weight excluding hydrogens is 382 g/mol. The van der Waals surface area contributed by atoms with Crippen molar-refractivity contribution in [3.05, 3.63) is 40.3 Å². The normalized spacial score (nSPS) is 15.4. The van der Waals surface area contributed by atoms with Gasteiger partial charge in [-0.05, 0) is 37.7 Å². The van der Waals surface area contributed by atoms with Gasteiger partial charge in [0.25, 0.3) is 5.91 Å². The largest absolute Gasteiger partial charge is 0.462 e. The van der Waals surface area contributed by atoms with Crippen molar-refractivity contribution in [2.45, 2.75) is 33.1 Å². The maximum Gasteiger partial charge on any atom is 0.359 e. The molecule has 1 amide bonds. The third-order valence-electron chi connectivity index (χ3n) is 4.35. The van der Waals surface area contributed by atoms with E-state index in [2.05, 4.69) is 22.2 Å². The molecule has 1 aliphatic carbocycles. The number of amides is 1. The second kappa shape index (κ2) is 8.92. The molecule has 0 spiro atoms. The van der Waals surface area contributed by atoms with Crippen LogP contribution in [0.3, 0.4) is 0 Å². The molecule has 2 heterocycles. The Morgan fingerprint density at radius 3 is 2.79 bits per heavy atom. The highest BCUT2D eigenvalue weighted by Gasteiger charge is 2.29. The maximum absolute atomic E-state index is 12.4. The molecule has 0 bridgehead atoms. The Morgan fingerprint density at radius 1 is 1.25 bits per heavy atom. The number of carbonyl (C=O) groups is 3. The van der Waals surface area contributed by atoms with Gasteiger partial charge in [-0.1, -0.05) is 6.92 Å². The van der Waals surface area contributed by atoms with Crippen LogP contribution in [0, 0.1) is 5.92 Å². The van der Waals surface area contributed by atoms with Gasteiger partial charge >= 0.3 is 11.9 Å². The summed E-state index contributed by atoms with van der Waals surface area (Å²) in [5.41, 5.74) is 1.39. The van der Waals surface area contributed by atoms with E-state index in [-0.39, 0.29) is 12.3 Å². The Bertz CT molecular complexity index is 881. The number of ether oxygens (including phenoxy) is 2. The number of rotatable bonds is 6. The lowest BCUT2D eigenvalue weighted by Gasteiger charge is -2.18. The number of fused-ring (bicyclic) bond motifs is 1. The van der Waals surface area contributed by atoms with E-state index in [1.807, 2.05) is 0 Å². The molecule has 148 valence electrons. The molecule has 0 fully saturated rings. The SMILES string of the molecule is CCOC(=O)c1c(NC(=O)COC(=O)c2cnccn2)sc2c1CC[C@H](C)C2. The minimum absolute atomic E-state index is 0.0167. The van der Waals surface area contributed by atoms with E-state index < -0.39 is 24.5 Å². The van der Waals surface area contributed by atoms with Crippen LogP contribution < -0.4 is 5.32 Å². The molecule has 0 radical (unpaired) electrons. The fourth-order valence-corrected chi connectivity index (χ4v) is 4.45. The van der Waals surface area contributed by atoms with E-state index in [1.54, 1.807) is 6.92 Å². The summed E-state index contributed by atoms with van der Waals surface area (Å²) in [5.74, 6) is -1.19. The van der Waals surface area contributed by atoms with E-state index in [1.165, 1.54) is 29.9 Å². The van der Waals surface area contributed by atoms with Crippen molar-refractivity contribution >= 4 is 34.2 Å². The highest BCUT2D eigenvalue weighted by Crippen LogP contribution is 2.40. The van der Waals surface area contributed by atoms with Gasteiger partial charge in [-0.3, -0.25) is 9.78 Å². The number of anilines is 1. The van der Waals surface area contributed by atoms with Crippen molar-refractivity contribution in [1.82, 2.24) is 9.97 Å². The number of hydrogen-bond acceptors (Lipinski definition) is 8. The minimum atomic E-state index is -0.742. The molecule has 0 aromatic carbocycles. The Kier molecular flexibility index (Phi) is 6.35. The van der Waals surface area contributed by atoms with E-state index in [0.717, 1.165) is 29.7 Å². The summed E-state index contributed by atoms with van der Waals surface area (Å²) in [6.07, 6.45) is 6.68. The minimum Gasteiger partial charge on any atom is -0.462 e. The zero-order chi connectivity index (χ0) is 20.1. The first-order valence-corrected chi connectivity index (χ1v) is 9.85. The van der Waals surface area contributed by atoms with Gasteiger partial charge in [0.1, 0.15) is 5.00 Å². The fourth-order valence-electron chi connectivity index (χ4n) is 3.03. The van der Waals surface area contributed by atoms with E-state index >= 15 is 0 Å². The van der Waals surface area contributed by atoms with Gasteiger partial charge < -0.3 is 14.8 Å². The van der Waals surface area contributed by atoms with Crippen molar-refractivity contribution in [3.63, 3.8) is 0 Å². The number of carbonyl (C=O) groups excluding carboxylic acids is 3. The molecule has 0 unspecified atom stereocenters. The number of nitrogens with one attached hydrogen (secondary N) is 1. The molecule has 2 aromatic rings. The number of esters is 2. The lowest BCUT2D eigenvalue weighted by Crippen LogP contribution is -2.22. The summed E-state index contributed by atoms with van der Waals surface area (Å²) in [7, 11) is 0. The van der Waals surface area contributed by atoms with Crippen molar-refractivity contribution in [3.8, 4) is 0 Å². The molecule has 28 heavy (non-hydrogen) atoms. The molecule has 9 heteroatoms. The molecule has 0 saturated heterocycles. The molecule has 0 saturated carbocycles.